The molecule has 0 aromatic heterocycles. The minimum absolute atomic E-state index is 0.192. The van der Waals surface area contributed by atoms with E-state index >= 15 is 0 Å². The molecule has 0 aromatic carbocycles. The highest BCUT2D eigenvalue weighted by atomic mass is 16.5. The Kier molecular flexibility index (Phi) is 4.19. The molecule has 0 saturated carbocycles. The topological polar surface area (TPSA) is 41.9 Å². The van der Waals surface area contributed by atoms with E-state index in [0.717, 1.165) is 26.1 Å². The van der Waals surface area contributed by atoms with Crippen LogP contribution in [0.4, 0.5) is 0 Å². The quantitative estimate of drug-likeness (QED) is 0.748. The van der Waals surface area contributed by atoms with Gasteiger partial charge in [0.05, 0.1) is 24.9 Å². The summed E-state index contributed by atoms with van der Waals surface area (Å²) in [5.41, 5.74) is 0. The number of aliphatic hydroxyl groups excluding tert-OH is 1. The second kappa shape index (κ2) is 5.45. The van der Waals surface area contributed by atoms with Crippen LogP contribution >= 0.6 is 0 Å². The molecule has 0 aromatic rings. The Morgan fingerprint density at radius 1 is 1.25 bits per heavy atom. The number of hydrogen-bond acceptors (Lipinski definition) is 4. The first-order chi connectivity index (χ1) is 7.65. The van der Waals surface area contributed by atoms with Crippen molar-refractivity contribution in [3.05, 3.63) is 0 Å². The fourth-order valence-corrected chi connectivity index (χ4v) is 2.73. The van der Waals surface area contributed by atoms with E-state index in [1.165, 1.54) is 0 Å². The molecule has 0 spiro atoms. The summed E-state index contributed by atoms with van der Waals surface area (Å²) >= 11 is 0. The van der Waals surface area contributed by atoms with Gasteiger partial charge in [0.15, 0.2) is 0 Å². The van der Waals surface area contributed by atoms with Gasteiger partial charge in [0.2, 0.25) is 0 Å². The largest absolute Gasteiger partial charge is 0.393 e. The number of nitrogens with zero attached hydrogens (tertiary/aromatic N) is 1. The van der Waals surface area contributed by atoms with Gasteiger partial charge in [-0.2, -0.15) is 0 Å². The summed E-state index contributed by atoms with van der Waals surface area (Å²) in [6, 6.07) is 0. The van der Waals surface area contributed by atoms with Crippen LogP contribution in [0, 0.1) is 5.92 Å². The molecule has 2 saturated heterocycles. The summed E-state index contributed by atoms with van der Waals surface area (Å²) in [6.07, 6.45) is 1.18. The van der Waals surface area contributed by atoms with E-state index in [4.69, 9.17) is 9.47 Å². The summed E-state index contributed by atoms with van der Waals surface area (Å²) in [5.74, 6) is 0.270. The number of hydrogen-bond donors (Lipinski definition) is 1. The van der Waals surface area contributed by atoms with Crippen molar-refractivity contribution in [3.8, 4) is 0 Å². The lowest BCUT2D eigenvalue weighted by Crippen LogP contribution is -2.49. The normalized spacial score (nSPS) is 42.2. The number of morpholine rings is 1. The maximum Gasteiger partial charge on any atom is 0.0678 e. The molecule has 4 heteroatoms. The van der Waals surface area contributed by atoms with Gasteiger partial charge in [-0.05, 0) is 20.3 Å². The van der Waals surface area contributed by atoms with Crippen LogP contribution in [0.3, 0.4) is 0 Å². The molecule has 0 amide bonds. The lowest BCUT2D eigenvalue weighted by Gasteiger charge is -2.39. The molecule has 0 radical (unpaired) electrons. The molecule has 2 rings (SSSR count). The Hall–Kier alpha value is -0.160. The van der Waals surface area contributed by atoms with Crippen LogP contribution in [-0.2, 0) is 9.47 Å². The predicted molar refractivity (Wildman–Crippen MR) is 61.4 cm³/mol. The van der Waals surface area contributed by atoms with E-state index in [1.54, 1.807) is 0 Å². The van der Waals surface area contributed by atoms with Crippen molar-refractivity contribution in [2.75, 3.05) is 32.8 Å². The smallest absolute Gasteiger partial charge is 0.0678 e. The summed E-state index contributed by atoms with van der Waals surface area (Å²) in [6.45, 7) is 8.47. The summed E-state index contributed by atoms with van der Waals surface area (Å²) in [5, 5.41) is 9.89. The second-order valence-corrected chi connectivity index (χ2v) is 5.17. The van der Waals surface area contributed by atoms with E-state index in [1.807, 2.05) is 0 Å². The maximum absolute atomic E-state index is 9.89. The minimum Gasteiger partial charge on any atom is -0.393 e. The molecule has 2 fully saturated rings. The molecule has 2 heterocycles. The van der Waals surface area contributed by atoms with Crippen molar-refractivity contribution in [1.82, 2.24) is 4.90 Å². The molecule has 4 nitrogen and oxygen atoms in total. The van der Waals surface area contributed by atoms with Crippen molar-refractivity contribution in [2.45, 2.75) is 38.6 Å². The maximum atomic E-state index is 9.89. The molecule has 1 N–H and O–H groups in total. The number of aliphatic hydroxyl groups is 1. The number of ether oxygens (including phenoxy) is 2. The molecule has 2 aliphatic rings. The minimum atomic E-state index is -0.192. The zero-order chi connectivity index (χ0) is 11.5. The fourth-order valence-electron chi connectivity index (χ4n) is 2.73. The lowest BCUT2D eigenvalue weighted by atomic mass is 9.97. The van der Waals surface area contributed by atoms with Gasteiger partial charge in [-0.15, -0.1) is 0 Å². The highest BCUT2D eigenvalue weighted by Crippen LogP contribution is 2.18. The van der Waals surface area contributed by atoms with Gasteiger partial charge in [0.25, 0.3) is 0 Å². The second-order valence-electron chi connectivity index (χ2n) is 5.17. The first-order valence-corrected chi connectivity index (χ1v) is 6.28. The van der Waals surface area contributed by atoms with Crippen LogP contribution in [0.25, 0.3) is 0 Å². The van der Waals surface area contributed by atoms with Crippen molar-refractivity contribution in [2.24, 2.45) is 5.92 Å². The van der Waals surface area contributed by atoms with Gasteiger partial charge in [0, 0.05) is 32.2 Å². The Balaban J connectivity index is 1.83. The summed E-state index contributed by atoms with van der Waals surface area (Å²) < 4.78 is 11.1. The third-order valence-corrected chi connectivity index (χ3v) is 3.42. The van der Waals surface area contributed by atoms with E-state index in [0.29, 0.717) is 25.4 Å². The van der Waals surface area contributed by atoms with Crippen molar-refractivity contribution >= 4 is 0 Å². The molecule has 0 bridgehead atoms. The predicted octanol–water partition coefficient (Wildman–Crippen LogP) is 0.493. The van der Waals surface area contributed by atoms with Crippen LogP contribution in [-0.4, -0.2) is 61.2 Å². The fraction of sp³-hybridized carbons (Fsp3) is 1.00. The Bertz CT molecular complexity index is 214. The van der Waals surface area contributed by atoms with Crippen molar-refractivity contribution in [3.63, 3.8) is 0 Å². The molecular formula is C12H23NO3. The zero-order valence-corrected chi connectivity index (χ0v) is 10.3. The van der Waals surface area contributed by atoms with E-state index in [-0.39, 0.29) is 12.0 Å². The van der Waals surface area contributed by atoms with E-state index < -0.39 is 0 Å². The van der Waals surface area contributed by atoms with Gasteiger partial charge in [-0.1, -0.05) is 0 Å². The van der Waals surface area contributed by atoms with Crippen LogP contribution in [0.1, 0.15) is 20.3 Å². The third-order valence-electron chi connectivity index (χ3n) is 3.42. The average molecular weight is 229 g/mol. The SMILES string of the molecule is C[C@@H]1CN(CC2COCCC2O)C[C@H](C)O1. The van der Waals surface area contributed by atoms with E-state index in [9.17, 15) is 5.11 Å². The van der Waals surface area contributed by atoms with Crippen LogP contribution in [0.2, 0.25) is 0 Å². The lowest BCUT2D eigenvalue weighted by molar-refractivity contribution is -0.0928. The Morgan fingerprint density at radius 3 is 2.56 bits per heavy atom. The standard InChI is InChI=1S/C12H23NO3/c1-9-5-13(6-10(2)16-9)7-11-8-15-4-3-12(11)14/h9-12,14H,3-8H2,1-2H3/t9-,10+,11?,12?. The van der Waals surface area contributed by atoms with Gasteiger partial charge in [0.1, 0.15) is 0 Å². The Labute approximate surface area is 97.5 Å². The summed E-state index contributed by atoms with van der Waals surface area (Å²) in [4.78, 5) is 2.39. The monoisotopic (exact) mass is 229 g/mol. The molecule has 0 aliphatic carbocycles. The molecule has 2 unspecified atom stereocenters. The highest BCUT2D eigenvalue weighted by molar-refractivity contribution is 4.80. The molecular weight excluding hydrogens is 206 g/mol. The van der Waals surface area contributed by atoms with E-state index in [2.05, 4.69) is 18.7 Å². The molecule has 16 heavy (non-hydrogen) atoms. The first-order valence-electron chi connectivity index (χ1n) is 6.28. The third kappa shape index (κ3) is 3.17. The van der Waals surface area contributed by atoms with Crippen LogP contribution in [0.5, 0.6) is 0 Å². The van der Waals surface area contributed by atoms with Crippen molar-refractivity contribution in [1.29, 1.82) is 0 Å². The van der Waals surface area contributed by atoms with Gasteiger partial charge < -0.3 is 14.6 Å². The van der Waals surface area contributed by atoms with Crippen molar-refractivity contribution < 1.29 is 14.6 Å². The number of rotatable bonds is 2. The average Bonchev–Trinajstić information content (AvgIpc) is 2.20. The highest BCUT2D eigenvalue weighted by Gasteiger charge is 2.29. The summed E-state index contributed by atoms with van der Waals surface area (Å²) in [7, 11) is 0. The molecule has 94 valence electrons. The Morgan fingerprint density at radius 2 is 1.94 bits per heavy atom. The molecule has 4 atom stereocenters. The first kappa shape index (κ1) is 12.3. The van der Waals surface area contributed by atoms with Crippen LogP contribution < -0.4 is 0 Å². The van der Waals surface area contributed by atoms with Gasteiger partial charge in [-0.3, -0.25) is 4.90 Å². The zero-order valence-electron chi connectivity index (χ0n) is 10.3. The molecule has 2 aliphatic heterocycles. The van der Waals surface area contributed by atoms with Gasteiger partial charge in [-0.25, -0.2) is 0 Å². The van der Waals surface area contributed by atoms with Gasteiger partial charge >= 0.3 is 0 Å². The van der Waals surface area contributed by atoms with Crippen LogP contribution in [0.15, 0.2) is 0 Å².